The molecule has 192 valence electrons. The Morgan fingerprint density at radius 2 is 1.61 bits per heavy atom. The number of carbonyl (C=O) groups is 3. The van der Waals surface area contributed by atoms with Gasteiger partial charge in [-0.2, -0.15) is 0 Å². The number of rotatable bonds is 10. The molecule has 0 radical (unpaired) electrons. The Kier molecular flexibility index (Phi) is 9.96. The number of non-ortho nitro benzene ring substituents is 1. The number of nitro benzene ring substituents is 1. The van der Waals surface area contributed by atoms with Gasteiger partial charge in [-0.05, 0) is 50.5 Å². The summed E-state index contributed by atoms with van der Waals surface area (Å²) in [6, 6.07) is 10.8. The average Bonchev–Trinajstić information content (AvgIpc) is 2.80. The van der Waals surface area contributed by atoms with E-state index in [-0.39, 0.29) is 31.1 Å². The average molecular weight is 501 g/mol. The van der Waals surface area contributed by atoms with Gasteiger partial charge in [0.2, 0.25) is 0 Å². The van der Waals surface area contributed by atoms with Crippen LogP contribution in [0.25, 0.3) is 0 Å². The fraction of sp³-hybridized carbons (Fsp3) is 0.320. The van der Waals surface area contributed by atoms with Gasteiger partial charge in [0.15, 0.2) is 0 Å². The van der Waals surface area contributed by atoms with E-state index in [1.54, 1.807) is 45.0 Å². The second-order valence-electron chi connectivity index (χ2n) is 8.49. The second-order valence-corrected chi connectivity index (χ2v) is 8.49. The third kappa shape index (κ3) is 9.45. The first-order valence-electron chi connectivity index (χ1n) is 10.9. The molecule has 11 nitrogen and oxygen atoms in total. The molecule has 0 aliphatic heterocycles. The third-order valence-corrected chi connectivity index (χ3v) is 4.46. The molecule has 0 aliphatic rings. The minimum atomic E-state index is -1.01. The molecular weight excluding hydrogens is 472 g/mol. The molecular formula is C25H28N2O9. The van der Waals surface area contributed by atoms with Gasteiger partial charge in [-0.3, -0.25) is 10.1 Å². The van der Waals surface area contributed by atoms with Gasteiger partial charge < -0.3 is 24.3 Å². The van der Waals surface area contributed by atoms with Crippen molar-refractivity contribution in [1.82, 2.24) is 5.32 Å². The van der Waals surface area contributed by atoms with Crippen LogP contribution in [0.4, 0.5) is 15.3 Å². The van der Waals surface area contributed by atoms with Crippen LogP contribution in [0.1, 0.15) is 38.3 Å². The van der Waals surface area contributed by atoms with Crippen LogP contribution in [0.5, 0.6) is 5.75 Å². The monoisotopic (exact) mass is 500 g/mol. The molecule has 0 heterocycles. The number of esters is 1. The summed E-state index contributed by atoms with van der Waals surface area (Å²) in [4.78, 5) is 46.8. The molecule has 2 aromatic carbocycles. The standard InChI is InChI=1S/C25H28N2O9/c1-5-8-21(26-23(29)36-25(2,3)4)22(28)33-15-17-9-6-7-10-18(17)16-34-24(30)35-20-13-11-19(12-14-20)27(31)32/h5-7,9-14,21H,1,8,15-16H2,2-4H3,(H,26,29)/t21-/m0/s1. The molecule has 0 aliphatic carbocycles. The molecule has 0 saturated heterocycles. The molecule has 1 N–H and O–H groups in total. The van der Waals surface area contributed by atoms with E-state index in [9.17, 15) is 24.5 Å². The largest absolute Gasteiger partial charge is 0.514 e. The van der Waals surface area contributed by atoms with Crippen LogP contribution in [-0.4, -0.2) is 34.8 Å². The zero-order valence-corrected chi connectivity index (χ0v) is 20.2. The number of alkyl carbamates (subject to hydrolysis) is 1. The lowest BCUT2D eigenvalue weighted by Gasteiger charge is -2.22. The van der Waals surface area contributed by atoms with Gasteiger partial charge in [-0.25, -0.2) is 14.4 Å². The SMILES string of the molecule is C=CC[C@H](NC(=O)OC(C)(C)C)C(=O)OCc1ccccc1COC(=O)Oc1ccc([N+](=O)[O-])cc1. The number of benzene rings is 2. The normalized spacial score (nSPS) is 11.5. The van der Waals surface area contributed by atoms with Crippen molar-refractivity contribution in [2.45, 2.75) is 52.0 Å². The smallest absolute Gasteiger partial charge is 0.459 e. The number of nitrogens with one attached hydrogen (secondary N) is 1. The first-order chi connectivity index (χ1) is 17.0. The number of amides is 1. The Labute approximate surface area is 208 Å². The van der Waals surface area contributed by atoms with Gasteiger partial charge >= 0.3 is 18.2 Å². The number of carbonyl (C=O) groups excluding carboxylic acids is 3. The molecule has 0 bridgehead atoms. The highest BCUT2D eigenvalue weighted by Crippen LogP contribution is 2.18. The lowest BCUT2D eigenvalue weighted by Crippen LogP contribution is -2.44. The Balaban J connectivity index is 1.93. The second kappa shape index (κ2) is 12.9. The van der Waals surface area contributed by atoms with E-state index in [1.807, 2.05) is 0 Å². The lowest BCUT2D eigenvalue weighted by atomic mass is 10.1. The minimum absolute atomic E-state index is 0.0820. The van der Waals surface area contributed by atoms with Crippen LogP contribution >= 0.6 is 0 Å². The topological polar surface area (TPSA) is 143 Å². The van der Waals surface area contributed by atoms with E-state index >= 15 is 0 Å². The summed E-state index contributed by atoms with van der Waals surface area (Å²) in [6.45, 7) is 8.38. The molecule has 0 aromatic heterocycles. The van der Waals surface area contributed by atoms with E-state index in [0.29, 0.717) is 11.1 Å². The lowest BCUT2D eigenvalue weighted by molar-refractivity contribution is -0.384. The van der Waals surface area contributed by atoms with Crippen LogP contribution in [0, 0.1) is 10.1 Å². The summed E-state index contributed by atoms with van der Waals surface area (Å²) in [7, 11) is 0. The van der Waals surface area contributed by atoms with Gasteiger partial charge in [0.1, 0.15) is 30.6 Å². The van der Waals surface area contributed by atoms with Gasteiger partial charge in [0.25, 0.3) is 5.69 Å². The highest BCUT2D eigenvalue weighted by Gasteiger charge is 2.25. The summed E-state index contributed by atoms with van der Waals surface area (Å²) in [5, 5.41) is 13.2. The Bertz CT molecular complexity index is 1090. The van der Waals surface area contributed by atoms with Gasteiger partial charge in [-0.15, -0.1) is 6.58 Å². The highest BCUT2D eigenvalue weighted by molar-refractivity contribution is 5.81. The molecule has 1 atom stereocenters. The van der Waals surface area contributed by atoms with Crippen molar-refractivity contribution in [1.29, 1.82) is 0 Å². The van der Waals surface area contributed by atoms with E-state index in [4.69, 9.17) is 18.9 Å². The van der Waals surface area contributed by atoms with E-state index in [2.05, 4.69) is 11.9 Å². The van der Waals surface area contributed by atoms with Crippen LogP contribution in [0.2, 0.25) is 0 Å². The summed E-state index contributed by atoms with van der Waals surface area (Å²) in [5.41, 5.74) is 0.261. The molecule has 0 fully saturated rings. The fourth-order valence-corrected chi connectivity index (χ4v) is 2.82. The Hall–Kier alpha value is -4.41. The van der Waals surface area contributed by atoms with Crippen molar-refractivity contribution >= 4 is 23.9 Å². The maximum Gasteiger partial charge on any atom is 0.514 e. The van der Waals surface area contributed by atoms with E-state index in [0.717, 1.165) is 0 Å². The van der Waals surface area contributed by atoms with Crippen LogP contribution in [0.15, 0.2) is 61.2 Å². The number of ether oxygens (including phenoxy) is 4. The molecule has 1 amide bonds. The maximum atomic E-state index is 12.6. The van der Waals surface area contributed by atoms with Crippen LogP contribution in [-0.2, 0) is 32.2 Å². The fourth-order valence-electron chi connectivity index (χ4n) is 2.82. The highest BCUT2D eigenvalue weighted by atomic mass is 16.7. The molecule has 0 unspecified atom stereocenters. The van der Waals surface area contributed by atoms with Crippen molar-refractivity contribution in [3.8, 4) is 5.75 Å². The number of hydrogen-bond acceptors (Lipinski definition) is 9. The third-order valence-electron chi connectivity index (χ3n) is 4.46. The maximum absolute atomic E-state index is 12.6. The Morgan fingerprint density at radius 3 is 2.14 bits per heavy atom. The number of nitro groups is 1. The van der Waals surface area contributed by atoms with Crippen molar-refractivity contribution in [2.24, 2.45) is 0 Å². The van der Waals surface area contributed by atoms with Crippen molar-refractivity contribution in [3.05, 3.63) is 82.4 Å². The summed E-state index contributed by atoms with van der Waals surface area (Å²) >= 11 is 0. The van der Waals surface area contributed by atoms with Crippen molar-refractivity contribution in [3.63, 3.8) is 0 Å². The number of hydrogen-bond donors (Lipinski definition) is 1. The minimum Gasteiger partial charge on any atom is -0.459 e. The molecule has 0 saturated carbocycles. The zero-order chi connectivity index (χ0) is 26.7. The first kappa shape index (κ1) is 27.8. The van der Waals surface area contributed by atoms with Gasteiger partial charge in [0, 0.05) is 12.1 Å². The molecule has 2 aromatic rings. The van der Waals surface area contributed by atoms with Gasteiger partial charge in [0.05, 0.1) is 4.92 Å². The summed E-state index contributed by atoms with van der Waals surface area (Å²) in [6.07, 6.45) is -0.159. The zero-order valence-electron chi connectivity index (χ0n) is 20.2. The van der Waals surface area contributed by atoms with Crippen LogP contribution in [0.3, 0.4) is 0 Å². The van der Waals surface area contributed by atoms with E-state index in [1.165, 1.54) is 30.3 Å². The summed E-state index contributed by atoms with van der Waals surface area (Å²) < 4.78 is 20.7. The number of nitrogens with zero attached hydrogens (tertiary/aromatic N) is 1. The molecule has 11 heteroatoms. The van der Waals surface area contributed by atoms with Crippen molar-refractivity contribution in [2.75, 3.05) is 0 Å². The quantitative estimate of drug-likeness (QED) is 0.121. The molecule has 2 rings (SSSR count). The summed E-state index contributed by atoms with van der Waals surface area (Å²) in [5.74, 6) is -0.604. The predicted molar refractivity (Wildman–Crippen MR) is 128 cm³/mol. The Morgan fingerprint density at radius 1 is 1.03 bits per heavy atom. The first-order valence-corrected chi connectivity index (χ1v) is 10.9. The van der Waals surface area contributed by atoms with Crippen molar-refractivity contribution < 1.29 is 38.3 Å². The van der Waals surface area contributed by atoms with E-state index < -0.39 is 34.8 Å². The van der Waals surface area contributed by atoms with Crippen LogP contribution < -0.4 is 10.1 Å². The molecule has 36 heavy (non-hydrogen) atoms. The van der Waals surface area contributed by atoms with Gasteiger partial charge in [-0.1, -0.05) is 30.3 Å². The predicted octanol–water partition coefficient (Wildman–Crippen LogP) is 4.82. The molecule has 0 spiro atoms.